The number of fused-ring (bicyclic) bond motifs is 1. The lowest BCUT2D eigenvalue weighted by atomic mass is 9.93. The van der Waals surface area contributed by atoms with Gasteiger partial charge in [-0.25, -0.2) is 8.78 Å². The van der Waals surface area contributed by atoms with Gasteiger partial charge in [0.1, 0.15) is 0 Å². The van der Waals surface area contributed by atoms with Gasteiger partial charge in [0.2, 0.25) is 0 Å². The molecule has 3 heteroatoms. The lowest BCUT2D eigenvalue weighted by molar-refractivity contribution is 0.0130. The molecule has 0 saturated carbocycles. The molecule has 0 amide bonds. The second kappa shape index (κ2) is 7.77. The Hall–Kier alpha value is -2.26. The first-order valence-electron chi connectivity index (χ1n) is 9.34. The molecule has 0 aliphatic heterocycles. The highest BCUT2D eigenvalue weighted by molar-refractivity contribution is 5.71. The van der Waals surface area contributed by atoms with Crippen LogP contribution in [0.2, 0.25) is 0 Å². The quantitative estimate of drug-likeness (QED) is 0.581. The van der Waals surface area contributed by atoms with Crippen molar-refractivity contribution in [2.24, 2.45) is 0 Å². The van der Waals surface area contributed by atoms with E-state index in [-0.39, 0.29) is 12.8 Å². The van der Waals surface area contributed by atoms with Gasteiger partial charge in [-0.15, -0.1) is 0 Å². The fraction of sp³-hybridized carbons (Fsp3) is 0.333. The maximum absolute atomic E-state index is 13.6. The largest absolute Gasteiger partial charge is 0.305 e. The first-order chi connectivity index (χ1) is 12.7. The van der Waals surface area contributed by atoms with Crippen LogP contribution in [0.25, 0.3) is 11.1 Å². The molecule has 0 unspecified atom stereocenters. The van der Waals surface area contributed by atoms with E-state index in [4.69, 9.17) is 0 Å². The number of hydrogen-bond donors (Lipinski definition) is 0. The van der Waals surface area contributed by atoms with E-state index in [1.165, 1.54) is 11.1 Å². The van der Waals surface area contributed by atoms with E-state index in [1.807, 2.05) is 24.3 Å². The summed E-state index contributed by atoms with van der Waals surface area (Å²) in [5, 5.41) is 0. The van der Waals surface area contributed by atoms with Gasteiger partial charge >= 0.3 is 0 Å². The molecule has 3 rings (SSSR count). The van der Waals surface area contributed by atoms with E-state index in [1.54, 1.807) is 0 Å². The zero-order chi connectivity index (χ0) is 19.6. The normalized spacial score (nSPS) is 15.0. The van der Waals surface area contributed by atoms with Gasteiger partial charge in [0, 0.05) is 19.4 Å². The van der Waals surface area contributed by atoms with E-state index in [0.29, 0.717) is 0 Å². The summed E-state index contributed by atoms with van der Waals surface area (Å²) in [7, 11) is 4.11. The van der Waals surface area contributed by atoms with Crippen molar-refractivity contribution in [3.8, 4) is 0 Å². The maximum Gasteiger partial charge on any atom is 0.256 e. The van der Waals surface area contributed by atoms with Crippen LogP contribution < -0.4 is 0 Å². The molecule has 142 valence electrons. The molecule has 0 aromatic heterocycles. The van der Waals surface area contributed by atoms with Crippen molar-refractivity contribution in [1.29, 1.82) is 0 Å². The third-order valence-corrected chi connectivity index (χ3v) is 5.13. The van der Waals surface area contributed by atoms with Crippen molar-refractivity contribution >= 4 is 11.1 Å². The SMILES string of the molecule is C=C(CCC(=C)c1ccccc1CN(C)C)c1ccc2c(c1)CC(F)(F)C2. The molecule has 0 fully saturated rings. The van der Waals surface area contributed by atoms with Crippen molar-refractivity contribution in [2.75, 3.05) is 14.1 Å². The molecule has 2 aromatic rings. The van der Waals surface area contributed by atoms with Gasteiger partial charge in [0.25, 0.3) is 5.92 Å². The van der Waals surface area contributed by atoms with Crippen LogP contribution >= 0.6 is 0 Å². The standard InChI is InChI=1S/C24H27F2N/c1-17(19-11-12-20-14-24(25,26)15-22(20)13-19)9-10-18(2)23-8-6-5-7-21(23)16-27(3)4/h5-8,11-13H,1-2,9-10,14-16H2,3-4H3. The first kappa shape index (κ1) is 19.5. The Morgan fingerprint density at radius 1 is 0.963 bits per heavy atom. The highest BCUT2D eigenvalue weighted by Crippen LogP contribution is 2.36. The van der Waals surface area contributed by atoms with E-state index in [9.17, 15) is 8.78 Å². The molecule has 27 heavy (non-hydrogen) atoms. The Bertz CT molecular complexity index is 864. The number of benzene rings is 2. The second-order valence-corrected chi connectivity index (χ2v) is 7.80. The van der Waals surface area contributed by atoms with Gasteiger partial charge in [-0.05, 0) is 65.9 Å². The predicted molar refractivity (Wildman–Crippen MR) is 110 cm³/mol. The summed E-state index contributed by atoms with van der Waals surface area (Å²) in [5.74, 6) is -2.60. The highest BCUT2D eigenvalue weighted by atomic mass is 19.3. The molecular weight excluding hydrogens is 340 g/mol. The Balaban J connectivity index is 1.66. The minimum absolute atomic E-state index is 0.144. The van der Waals surface area contributed by atoms with Crippen molar-refractivity contribution in [3.05, 3.63) is 83.4 Å². The molecule has 0 atom stereocenters. The summed E-state index contributed by atoms with van der Waals surface area (Å²) >= 11 is 0. The predicted octanol–water partition coefficient (Wildman–Crippen LogP) is 5.99. The average molecular weight is 367 g/mol. The number of nitrogens with zero attached hydrogens (tertiary/aromatic N) is 1. The van der Waals surface area contributed by atoms with Gasteiger partial charge in [-0.1, -0.05) is 55.6 Å². The molecule has 0 bridgehead atoms. The molecule has 1 aliphatic rings. The molecule has 2 aromatic carbocycles. The lowest BCUT2D eigenvalue weighted by Crippen LogP contribution is -2.14. The minimum atomic E-state index is -2.60. The molecule has 0 spiro atoms. The Kier molecular flexibility index (Phi) is 5.61. The molecule has 0 N–H and O–H groups in total. The number of rotatable bonds is 7. The second-order valence-electron chi connectivity index (χ2n) is 7.80. The zero-order valence-electron chi connectivity index (χ0n) is 16.2. The molecule has 0 saturated heterocycles. The van der Waals surface area contributed by atoms with Gasteiger partial charge in [0.15, 0.2) is 0 Å². The summed E-state index contributed by atoms with van der Waals surface area (Å²) in [4.78, 5) is 2.14. The van der Waals surface area contributed by atoms with Crippen molar-refractivity contribution < 1.29 is 8.78 Å². The minimum Gasteiger partial charge on any atom is -0.305 e. The summed E-state index contributed by atoms with van der Waals surface area (Å²) < 4.78 is 27.2. The van der Waals surface area contributed by atoms with Crippen LogP contribution in [0.5, 0.6) is 0 Å². The summed E-state index contributed by atoms with van der Waals surface area (Å²) in [6.07, 6.45) is 1.27. The zero-order valence-corrected chi connectivity index (χ0v) is 16.2. The number of halogens is 2. The molecular formula is C24H27F2N. The van der Waals surface area contributed by atoms with Crippen molar-refractivity contribution in [2.45, 2.75) is 38.2 Å². The van der Waals surface area contributed by atoms with Gasteiger partial charge in [-0.2, -0.15) is 0 Å². The van der Waals surface area contributed by atoms with Crippen LogP contribution in [-0.4, -0.2) is 24.9 Å². The third kappa shape index (κ3) is 4.72. The highest BCUT2D eigenvalue weighted by Gasteiger charge is 2.37. The van der Waals surface area contributed by atoms with Gasteiger partial charge < -0.3 is 4.90 Å². The summed E-state index contributed by atoms with van der Waals surface area (Å²) in [6, 6.07) is 14.0. The number of alkyl halides is 2. The topological polar surface area (TPSA) is 3.24 Å². The van der Waals surface area contributed by atoms with Crippen LogP contribution in [0.4, 0.5) is 8.78 Å². The van der Waals surface area contributed by atoms with Crippen LogP contribution in [0.15, 0.2) is 55.6 Å². The first-order valence-corrected chi connectivity index (χ1v) is 9.34. The molecule has 1 aliphatic carbocycles. The van der Waals surface area contributed by atoms with Crippen molar-refractivity contribution in [1.82, 2.24) is 4.90 Å². The van der Waals surface area contributed by atoms with E-state index >= 15 is 0 Å². The van der Waals surface area contributed by atoms with Crippen LogP contribution in [0.3, 0.4) is 0 Å². The Morgan fingerprint density at radius 2 is 1.63 bits per heavy atom. The number of hydrogen-bond acceptors (Lipinski definition) is 1. The summed E-state index contributed by atoms with van der Waals surface area (Å²) in [6.45, 7) is 9.33. The third-order valence-electron chi connectivity index (χ3n) is 5.13. The van der Waals surface area contributed by atoms with Crippen molar-refractivity contribution in [3.63, 3.8) is 0 Å². The summed E-state index contributed by atoms with van der Waals surface area (Å²) in [5.41, 5.74) is 6.99. The molecule has 0 heterocycles. The lowest BCUT2D eigenvalue weighted by Gasteiger charge is -2.16. The Labute approximate surface area is 161 Å². The Morgan fingerprint density at radius 3 is 2.37 bits per heavy atom. The van der Waals surface area contributed by atoms with Crippen LogP contribution in [0, 0.1) is 0 Å². The number of allylic oxidation sites excluding steroid dienone is 2. The fourth-order valence-electron chi connectivity index (χ4n) is 3.73. The van der Waals surface area contributed by atoms with E-state index in [2.05, 4.69) is 50.4 Å². The smallest absolute Gasteiger partial charge is 0.256 e. The maximum atomic E-state index is 13.6. The van der Waals surface area contributed by atoms with Gasteiger partial charge in [0.05, 0.1) is 0 Å². The van der Waals surface area contributed by atoms with Crippen LogP contribution in [0.1, 0.15) is 40.7 Å². The van der Waals surface area contributed by atoms with Crippen LogP contribution in [-0.2, 0) is 19.4 Å². The fourth-order valence-corrected chi connectivity index (χ4v) is 3.73. The van der Waals surface area contributed by atoms with Gasteiger partial charge in [-0.3, -0.25) is 0 Å². The molecule has 0 radical (unpaired) electrons. The molecule has 1 nitrogen and oxygen atoms in total. The van der Waals surface area contributed by atoms with E-state index in [0.717, 1.165) is 47.2 Å². The monoisotopic (exact) mass is 367 g/mol. The average Bonchev–Trinajstić information content (AvgIpc) is 2.92. The van der Waals surface area contributed by atoms with E-state index < -0.39 is 5.92 Å².